The Kier molecular flexibility index (Phi) is 7.03. The molecule has 0 radical (unpaired) electrons. The van der Waals surface area contributed by atoms with Crippen molar-refractivity contribution in [2.45, 2.75) is 64.8 Å². The molecule has 174 valence electrons. The number of benzene rings is 2. The van der Waals surface area contributed by atoms with E-state index in [1.807, 2.05) is 17.0 Å². The Morgan fingerprint density at radius 2 is 1.73 bits per heavy atom. The number of nitrogens with one attached hydrogen (secondary N) is 1. The van der Waals surface area contributed by atoms with Crippen molar-refractivity contribution in [1.29, 1.82) is 0 Å². The van der Waals surface area contributed by atoms with E-state index in [4.69, 9.17) is 16.1 Å². The normalized spacial score (nSPS) is 16.5. The zero-order valence-corrected chi connectivity index (χ0v) is 20.4. The smallest absolute Gasteiger partial charge is 0.322 e. The second-order valence-electron chi connectivity index (χ2n) is 9.22. The van der Waals surface area contributed by atoms with Gasteiger partial charge in [0.15, 0.2) is 0 Å². The number of carbonyl (C=O) groups excluding carboxylic acids is 1. The lowest BCUT2D eigenvalue weighted by atomic mass is 9.92. The van der Waals surface area contributed by atoms with Crippen molar-refractivity contribution in [2.24, 2.45) is 0 Å². The highest BCUT2D eigenvalue weighted by atomic mass is 35.5. The first-order chi connectivity index (χ1) is 15.8. The van der Waals surface area contributed by atoms with Crippen LogP contribution < -0.4 is 5.32 Å². The molecule has 0 spiro atoms. The predicted octanol–water partition coefficient (Wildman–Crippen LogP) is 7.40. The molecule has 33 heavy (non-hydrogen) atoms. The van der Waals surface area contributed by atoms with E-state index in [2.05, 4.69) is 61.4 Å². The van der Waals surface area contributed by atoms with Gasteiger partial charge in [0.25, 0.3) is 0 Å². The molecular formula is C26H31ClN4O2. The lowest BCUT2D eigenvalue weighted by molar-refractivity contribution is 0.142. The van der Waals surface area contributed by atoms with Crippen LogP contribution in [0, 0.1) is 0 Å². The Balaban J connectivity index is 1.60. The molecule has 1 saturated heterocycles. The summed E-state index contributed by atoms with van der Waals surface area (Å²) in [6.07, 6.45) is 2.75. The first-order valence-corrected chi connectivity index (χ1v) is 12.0. The number of halogens is 1. The zero-order valence-electron chi connectivity index (χ0n) is 19.6. The standard InChI is InChI=1S/C26H31ClN4O2/c1-16(2)20-8-7-9-21(17(3)4)23(20)28-26(32)31-15-6-5-10-22(31)25-29-24(30-33-25)18-11-13-19(27)14-12-18/h7-9,11-14,16-17,22H,5-6,10,15H2,1-4H3,(H,28,32). The van der Waals surface area contributed by atoms with Gasteiger partial charge in [0.1, 0.15) is 6.04 Å². The number of rotatable bonds is 5. The van der Waals surface area contributed by atoms with Crippen LogP contribution in [0.2, 0.25) is 5.02 Å². The van der Waals surface area contributed by atoms with Gasteiger partial charge in [-0.15, -0.1) is 0 Å². The summed E-state index contributed by atoms with van der Waals surface area (Å²) in [6.45, 7) is 9.24. The molecule has 1 aliphatic heterocycles. The molecule has 1 fully saturated rings. The topological polar surface area (TPSA) is 71.3 Å². The molecule has 1 aromatic heterocycles. The van der Waals surface area contributed by atoms with Crippen molar-refractivity contribution in [3.8, 4) is 11.4 Å². The molecule has 2 aromatic carbocycles. The Morgan fingerprint density at radius 1 is 1.06 bits per heavy atom. The van der Waals surface area contributed by atoms with Crippen molar-refractivity contribution in [1.82, 2.24) is 15.0 Å². The molecule has 0 aliphatic carbocycles. The quantitative estimate of drug-likeness (QED) is 0.425. The van der Waals surface area contributed by atoms with Crippen LogP contribution in [0.5, 0.6) is 0 Å². The third-order valence-corrected chi connectivity index (χ3v) is 6.45. The summed E-state index contributed by atoms with van der Waals surface area (Å²) in [4.78, 5) is 20.0. The summed E-state index contributed by atoms with van der Waals surface area (Å²) in [5, 5.41) is 8.05. The fourth-order valence-electron chi connectivity index (χ4n) is 4.39. The van der Waals surface area contributed by atoms with Gasteiger partial charge in [-0.1, -0.05) is 62.7 Å². The molecule has 0 saturated carbocycles. The number of urea groups is 1. The third kappa shape index (κ3) is 5.06. The predicted molar refractivity (Wildman–Crippen MR) is 132 cm³/mol. The Hall–Kier alpha value is -2.86. The summed E-state index contributed by atoms with van der Waals surface area (Å²) in [5.74, 6) is 1.57. The van der Waals surface area contributed by atoms with Gasteiger partial charge in [-0.25, -0.2) is 4.79 Å². The number of likely N-dealkylation sites (tertiary alicyclic amines) is 1. The minimum atomic E-state index is -0.249. The van der Waals surface area contributed by atoms with Gasteiger partial charge in [-0.2, -0.15) is 4.98 Å². The number of nitrogens with zero attached hydrogens (tertiary/aromatic N) is 3. The number of hydrogen-bond donors (Lipinski definition) is 1. The average molecular weight is 467 g/mol. The first-order valence-electron chi connectivity index (χ1n) is 11.6. The molecule has 6 nitrogen and oxygen atoms in total. The van der Waals surface area contributed by atoms with Crippen LogP contribution in [-0.4, -0.2) is 27.6 Å². The van der Waals surface area contributed by atoms with Crippen LogP contribution in [0.4, 0.5) is 10.5 Å². The molecule has 1 unspecified atom stereocenters. The molecule has 1 atom stereocenters. The number of aromatic nitrogens is 2. The van der Waals surface area contributed by atoms with E-state index in [9.17, 15) is 4.79 Å². The molecule has 3 aromatic rings. The summed E-state index contributed by atoms with van der Waals surface area (Å²) >= 11 is 5.99. The lowest BCUT2D eigenvalue weighted by Crippen LogP contribution is -2.41. The van der Waals surface area contributed by atoms with Gasteiger partial charge in [0.05, 0.1) is 0 Å². The van der Waals surface area contributed by atoms with E-state index in [0.29, 0.717) is 35.1 Å². The summed E-state index contributed by atoms with van der Waals surface area (Å²) in [7, 11) is 0. The first kappa shape index (κ1) is 23.3. The van der Waals surface area contributed by atoms with Gasteiger partial charge in [0, 0.05) is 22.8 Å². The van der Waals surface area contributed by atoms with E-state index in [-0.39, 0.29) is 12.1 Å². The number of carbonyl (C=O) groups is 1. The van der Waals surface area contributed by atoms with E-state index >= 15 is 0 Å². The number of piperidine rings is 1. The molecule has 0 bridgehead atoms. The van der Waals surface area contributed by atoms with Crippen LogP contribution >= 0.6 is 11.6 Å². The monoisotopic (exact) mass is 466 g/mol. The molecule has 1 aliphatic rings. The highest BCUT2D eigenvalue weighted by molar-refractivity contribution is 6.30. The summed E-state index contributed by atoms with van der Waals surface area (Å²) in [5.41, 5.74) is 4.04. The largest absolute Gasteiger partial charge is 0.337 e. The maximum atomic E-state index is 13.5. The minimum absolute atomic E-state index is 0.124. The SMILES string of the molecule is CC(C)c1cccc(C(C)C)c1NC(=O)N1CCCCC1c1nc(-c2ccc(Cl)cc2)no1. The van der Waals surface area contributed by atoms with Gasteiger partial charge in [0.2, 0.25) is 11.7 Å². The molecule has 4 rings (SSSR count). The lowest BCUT2D eigenvalue weighted by Gasteiger charge is -2.34. The van der Waals surface area contributed by atoms with Crippen LogP contribution in [-0.2, 0) is 0 Å². The number of hydrogen-bond acceptors (Lipinski definition) is 4. The Morgan fingerprint density at radius 3 is 2.36 bits per heavy atom. The summed E-state index contributed by atoms with van der Waals surface area (Å²) in [6, 6.07) is 13.2. The van der Waals surface area contributed by atoms with Crippen molar-refractivity contribution in [2.75, 3.05) is 11.9 Å². The molecule has 1 N–H and O–H groups in total. The summed E-state index contributed by atoms with van der Waals surface area (Å²) < 4.78 is 5.63. The number of anilines is 1. The maximum absolute atomic E-state index is 13.5. The van der Waals surface area contributed by atoms with E-state index in [1.165, 1.54) is 0 Å². The van der Waals surface area contributed by atoms with E-state index in [0.717, 1.165) is 41.6 Å². The van der Waals surface area contributed by atoms with Crippen molar-refractivity contribution in [3.63, 3.8) is 0 Å². The Labute approximate surface area is 200 Å². The molecule has 2 heterocycles. The van der Waals surface area contributed by atoms with Crippen LogP contribution in [0.3, 0.4) is 0 Å². The average Bonchev–Trinajstić information content (AvgIpc) is 3.29. The highest BCUT2D eigenvalue weighted by Gasteiger charge is 2.33. The van der Waals surface area contributed by atoms with Crippen molar-refractivity contribution >= 4 is 23.3 Å². The number of amides is 2. The Bertz CT molecular complexity index is 1080. The second-order valence-corrected chi connectivity index (χ2v) is 9.66. The molecule has 2 amide bonds. The maximum Gasteiger partial charge on any atom is 0.322 e. The second kappa shape index (κ2) is 9.96. The zero-order chi connectivity index (χ0) is 23.5. The van der Waals surface area contributed by atoms with E-state index in [1.54, 1.807) is 12.1 Å². The van der Waals surface area contributed by atoms with Gasteiger partial charge < -0.3 is 14.7 Å². The van der Waals surface area contributed by atoms with Crippen molar-refractivity contribution in [3.05, 3.63) is 64.5 Å². The van der Waals surface area contributed by atoms with Crippen LogP contribution in [0.15, 0.2) is 47.0 Å². The van der Waals surface area contributed by atoms with Crippen LogP contribution in [0.25, 0.3) is 11.4 Å². The molecule has 7 heteroatoms. The third-order valence-electron chi connectivity index (χ3n) is 6.20. The highest BCUT2D eigenvalue weighted by Crippen LogP contribution is 2.35. The number of para-hydroxylation sites is 1. The fourth-order valence-corrected chi connectivity index (χ4v) is 4.52. The fraction of sp³-hybridized carbons (Fsp3) is 0.423. The van der Waals surface area contributed by atoms with Crippen LogP contribution in [0.1, 0.15) is 81.9 Å². The van der Waals surface area contributed by atoms with Gasteiger partial charge in [-0.3, -0.25) is 0 Å². The van der Waals surface area contributed by atoms with Gasteiger partial charge in [-0.05, 0) is 66.5 Å². The van der Waals surface area contributed by atoms with Gasteiger partial charge >= 0.3 is 6.03 Å². The van der Waals surface area contributed by atoms with Crippen molar-refractivity contribution < 1.29 is 9.32 Å². The minimum Gasteiger partial charge on any atom is -0.337 e. The molecular weight excluding hydrogens is 436 g/mol. The van der Waals surface area contributed by atoms with E-state index < -0.39 is 0 Å².